The van der Waals surface area contributed by atoms with E-state index in [1.807, 2.05) is 0 Å². The molecule has 0 atom stereocenters. The van der Waals surface area contributed by atoms with Crippen molar-refractivity contribution in [1.29, 1.82) is 0 Å². The van der Waals surface area contributed by atoms with Crippen molar-refractivity contribution in [2.75, 3.05) is 6.54 Å². The smallest absolute Gasteiger partial charge is 0.0575 e. The molecule has 0 amide bonds. The summed E-state index contributed by atoms with van der Waals surface area (Å²) in [6.07, 6.45) is 1.53. The van der Waals surface area contributed by atoms with E-state index in [-0.39, 0.29) is 17.2 Å². The van der Waals surface area contributed by atoms with Crippen molar-refractivity contribution >= 4 is 0 Å². The van der Waals surface area contributed by atoms with Gasteiger partial charge < -0.3 is 5.11 Å². The van der Waals surface area contributed by atoms with E-state index in [9.17, 15) is 5.11 Å². The molecular weight excluding hydrogens is 186 g/mol. The summed E-state index contributed by atoms with van der Waals surface area (Å²) in [7, 11) is 0. The molecule has 1 rings (SSSR count). The van der Waals surface area contributed by atoms with Crippen LogP contribution in [-0.4, -0.2) is 33.7 Å². The van der Waals surface area contributed by atoms with Crippen LogP contribution in [0.1, 0.15) is 47.5 Å². The number of rotatable bonds is 2. The molecule has 88 valence electrons. The Kier molecular flexibility index (Phi) is 3.32. The standard InChI is InChI=1S/C13H25NO/c1-10(2)9-14-12(3,4)7-11(15)8-13(14,5)6/h11,15H,1,7-9H2,2-6H3. The molecular formula is C13H25NO. The Labute approximate surface area is 94.0 Å². The number of likely N-dealkylation sites (tertiary alicyclic amines) is 1. The highest BCUT2D eigenvalue weighted by molar-refractivity contribution is 5.05. The normalized spacial score (nSPS) is 26.5. The lowest BCUT2D eigenvalue weighted by Crippen LogP contribution is -2.62. The molecule has 1 aliphatic heterocycles. The van der Waals surface area contributed by atoms with Crippen molar-refractivity contribution in [1.82, 2.24) is 4.90 Å². The third kappa shape index (κ3) is 2.82. The van der Waals surface area contributed by atoms with E-state index >= 15 is 0 Å². The maximum absolute atomic E-state index is 9.88. The molecule has 0 spiro atoms. The van der Waals surface area contributed by atoms with Gasteiger partial charge >= 0.3 is 0 Å². The van der Waals surface area contributed by atoms with Gasteiger partial charge in [-0.1, -0.05) is 12.2 Å². The number of aliphatic hydroxyl groups excluding tert-OH is 1. The zero-order valence-corrected chi connectivity index (χ0v) is 10.8. The summed E-state index contributed by atoms with van der Waals surface area (Å²) in [6, 6.07) is 0. The van der Waals surface area contributed by atoms with Crippen LogP contribution in [0.3, 0.4) is 0 Å². The summed E-state index contributed by atoms with van der Waals surface area (Å²) in [5.74, 6) is 0. The molecule has 1 N–H and O–H groups in total. The largest absolute Gasteiger partial charge is 0.393 e. The number of hydrogen-bond acceptors (Lipinski definition) is 2. The summed E-state index contributed by atoms with van der Waals surface area (Å²) in [5, 5.41) is 9.88. The Balaban J connectivity index is 2.92. The first kappa shape index (κ1) is 12.7. The van der Waals surface area contributed by atoms with Gasteiger partial charge in [0.15, 0.2) is 0 Å². The monoisotopic (exact) mass is 211 g/mol. The Morgan fingerprint density at radius 2 is 1.67 bits per heavy atom. The summed E-state index contributed by atoms with van der Waals surface area (Å²) >= 11 is 0. The maximum Gasteiger partial charge on any atom is 0.0575 e. The van der Waals surface area contributed by atoms with Crippen molar-refractivity contribution in [3.63, 3.8) is 0 Å². The minimum absolute atomic E-state index is 0.0557. The quantitative estimate of drug-likeness (QED) is 0.710. The molecule has 0 aliphatic carbocycles. The lowest BCUT2D eigenvalue weighted by atomic mass is 9.78. The van der Waals surface area contributed by atoms with Gasteiger partial charge in [0.2, 0.25) is 0 Å². The van der Waals surface area contributed by atoms with E-state index in [0.29, 0.717) is 0 Å². The van der Waals surface area contributed by atoms with E-state index in [1.54, 1.807) is 0 Å². The van der Waals surface area contributed by atoms with Crippen LogP contribution in [0, 0.1) is 0 Å². The first-order chi connectivity index (χ1) is 6.65. The molecule has 1 saturated heterocycles. The summed E-state index contributed by atoms with van der Waals surface area (Å²) < 4.78 is 0. The van der Waals surface area contributed by atoms with Crippen molar-refractivity contribution in [3.8, 4) is 0 Å². The highest BCUT2D eigenvalue weighted by Crippen LogP contribution is 2.38. The zero-order chi connectivity index (χ0) is 11.9. The van der Waals surface area contributed by atoms with Gasteiger partial charge in [-0.15, -0.1) is 0 Å². The van der Waals surface area contributed by atoms with E-state index in [0.717, 1.165) is 19.4 Å². The second-order valence-corrected chi connectivity index (χ2v) is 6.23. The predicted molar refractivity (Wildman–Crippen MR) is 64.9 cm³/mol. The van der Waals surface area contributed by atoms with Crippen LogP contribution in [0.4, 0.5) is 0 Å². The van der Waals surface area contributed by atoms with Crippen LogP contribution in [0.2, 0.25) is 0 Å². The van der Waals surface area contributed by atoms with Crippen LogP contribution in [0.5, 0.6) is 0 Å². The van der Waals surface area contributed by atoms with Crippen molar-refractivity contribution in [2.24, 2.45) is 0 Å². The van der Waals surface area contributed by atoms with Crippen molar-refractivity contribution < 1.29 is 5.11 Å². The van der Waals surface area contributed by atoms with Gasteiger partial charge in [-0.2, -0.15) is 0 Å². The lowest BCUT2D eigenvalue weighted by Gasteiger charge is -2.54. The van der Waals surface area contributed by atoms with Crippen LogP contribution in [0.25, 0.3) is 0 Å². The average molecular weight is 211 g/mol. The topological polar surface area (TPSA) is 23.5 Å². The van der Waals surface area contributed by atoms with Crippen LogP contribution in [0.15, 0.2) is 12.2 Å². The number of nitrogens with zero attached hydrogens (tertiary/aromatic N) is 1. The summed E-state index contributed by atoms with van der Waals surface area (Å²) in [5.41, 5.74) is 1.30. The molecule has 0 aromatic carbocycles. The summed E-state index contributed by atoms with van der Waals surface area (Å²) in [4.78, 5) is 2.47. The van der Waals surface area contributed by atoms with Gasteiger partial charge in [-0.25, -0.2) is 0 Å². The molecule has 2 heteroatoms. The number of piperidine rings is 1. The molecule has 0 aromatic rings. The first-order valence-electron chi connectivity index (χ1n) is 5.75. The molecule has 0 saturated carbocycles. The second-order valence-electron chi connectivity index (χ2n) is 6.23. The molecule has 1 fully saturated rings. The van der Waals surface area contributed by atoms with Crippen LogP contribution in [-0.2, 0) is 0 Å². The minimum Gasteiger partial charge on any atom is -0.393 e. The molecule has 15 heavy (non-hydrogen) atoms. The zero-order valence-electron chi connectivity index (χ0n) is 10.8. The Hall–Kier alpha value is -0.340. The Morgan fingerprint density at radius 3 is 2.00 bits per heavy atom. The Morgan fingerprint density at radius 1 is 1.27 bits per heavy atom. The van der Waals surface area contributed by atoms with E-state index in [1.165, 1.54) is 5.57 Å². The third-order valence-corrected chi connectivity index (χ3v) is 3.36. The number of hydrogen-bond donors (Lipinski definition) is 1. The second kappa shape index (κ2) is 3.91. The fourth-order valence-electron chi connectivity index (χ4n) is 2.96. The highest BCUT2D eigenvalue weighted by atomic mass is 16.3. The van der Waals surface area contributed by atoms with Gasteiger partial charge in [0.05, 0.1) is 6.10 Å². The van der Waals surface area contributed by atoms with Crippen LogP contribution < -0.4 is 0 Å². The van der Waals surface area contributed by atoms with Crippen molar-refractivity contribution in [3.05, 3.63) is 12.2 Å². The molecule has 1 aliphatic rings. The summed E-state index contributed by atoms with van der Waals surface area (Å²) in [6.45, 7) is 15.8. The molecule has 0 radical (unpaired) electrons. The van der Waals surface area contributed by atoms with E-state index < -0.39 is 0 Å². The van der Waals surface area contributed by atoms with Gasteiger partial charge in [0, 0.05) is 17.6 Å². The molecule has 2 nitrogen and oxygen atoms in total. The highest BCUT2D eigenvalue weighted by Gasteiger charge is 2.44. The van der Waals surface area contributed by atoms with Crippen molar-refractivity contribution in [2.45, 2.75) is 64.6 Å². The van der Waals surface area contributed by atoms with Crippen LogP contribution >= 0.6 is 0 Å². The van der Waals surface area contributed by atoms with Gasteiger partial charge in [0.25, 0.3) is 0 Å². The fourth-order valence-corrected chi connectivity index (χ4v) is 2.96. The van der Waals surface area contributed by atoms with E-state index in [4.69, 9.17) is 0 Å². The average Bonchev–Trinajstić information content (AvgIpc) is 1.94. The van der Waals surface area contributed by atoms with Gasteiger partial charge in [-0.05, 0) is 47.5 Å². The molecule has 1 heterocycles. The third-order valence-electron chi connectivity index (χ3n) is 3.36. The maximum atomic E-state index is 9.88. The lowest BCUT2D eigenvalue weighted by molar-refractivity contribution is -0.0749. The minimum atomic E-state index is -0.170. The first-order valence-corrected chi connectivity index (χ1v) is 5.75. The van der Waals surface area contributed by atoms with Gasteiger partial charge in [0.1, 0.15) is 0 Å². The molecule has 0 aromatic heterocycles. The predicted octanol–water partition coefficient (Wildman–Crippen LogP) is 2.58. The molecule has 0 bridgehead atoms. The molecule has 0 unspecified atom stereocenters. The fraction of sp³-hybridized carbons (Fsp3) is 0.846. The number of aliphatic hydroxyl groups is 1. The van der Waals surface area contributed by atoms with E-state index in [2.05, 4.69) is 46.1 Å². The Bertz CT molecular complexity index is 237. The SMILES string of the molecule is C=C(C)CN1C(C)(C)CC(O)CC1(C)C. The van der Waals surface area contributed by atoms with Gasteiger partial charge in [-0.3, -0.25) is 4.90 Å².